The Morgan fingerprint density at radius 2 is 2.17 bits per heavy atom. The molecular formula is C22H22N4O3S. The van der Waals surface area contributed by atoms with Crippen LogP contribution in [0.1, 0.15) is 36.9 Å². The summed E-state index contributed by atoms with van der Waals surface area (Å²) in [4.78, 5) is 18.3. The van der Waals surface area contributed by atoms with E-state index in [0.29, 0.717) is 23.0 Å². The third kappa shape index (κ3) is 3.73. The highest BCUT2D eigenvalue weighted by Gasteiger charge is 2.42. The lowest BCUT2D eigenvalue weighted by Crippen LogP contribution is -2.29. The van der Waals surface area contributed by atoms with Gasteiger partial charge in [-0.1, -0.05) is 13.0 Å². The standard InChI is InChI=1S/C22H22N4O3S/c1-3-19(27)24-15-10-9-14(13-18(15)28-2)26-21(17-8-6-12-29-17)20(25-22(26)30)16-7-4-5-11-23-16/h4-13,20-21H,3H2,1-2H3,(H,24,27)(H,25,30)/t20-,21-/m1/s1. The van der Waals surface area contributed by atoms with Crippen molar-refractivity contribution in [3.05, 3.63) is 72.4 Å². The van der Waals surface area contributed by atoms with E-state index in [2.05, 4.69) is 15.6 Å². The number of aromatic nitrogens is 1. The van der Waals surface area contributed by atoms with Gasteiger partial charge in [-0.3, -0.25) is 9.78 Å². The highest BCUT2D eigenvalue weighted by Crippen LogP contribution is 2.43. The zero-order chi connectivity index (χ0) is 21.1. The number of thiocarbonyl (C=S) groups is 1. The molecule has 3 aromatic rings. The summed E-state index contributed by atoms with van der Waals surface area (Å²) in [6, 6.07) is 14.7. The van der Waals surface area contributed by atoms with Gasteiger partial charge in [0.25, 0.3) is 0 Å². The first-order valence-electron chi connectivity index (χ1n) is 9.64. The van der Waals surface area contributed by atoms with Crippen molar-refractivity contribution < 1.29 is 13.9 Å². The lowest BCUT2D eigenvalue weighted by molar-refractivity contribution is -0.115. The van der Waals surface area contributed by atoms with Gasteiger partial charge >= 0.3 is 0 Å². The summed E-state index contributed by atoms with van der Waals surface area (Å²) in [5, 5.41) is 6.78. The lowest BCUT2D eigenvalue weighted by Gasteiger charge is -2.26. The van der Waals surface area contributed by atoms with Crippen LogP contribution in [-0.2, 0) is 4.79 Å². The molecule has 0 unspecified atom stereocenters. The van der Waals surface area contributed by atoms with Gasteiger partial charge in [-0.05, 0) is 48.6 Å². The van der Waals surface area contributed by atoms with E-state index < -0.39 is 0 Å². The summed E-state index contributed by atoms with van der Waals surface area (Å²) >= 11 is 5.69. The van der Waals surface area contributed by atoms with Crippen molar-refractivity contribution in [3.8, 4) is 5.75 Å². The maximum Gasteiger partial charge on any atom is 0.224 e. The number of hydrogen-bond acceptors (Lipinski definition) is 5. The van der Waals surface area contributed by atoms with Crippen LogP contribution in [0.15, 0.2) is 65.4 Å². The largest absolute Gasteiger partial charge is 0.494 e. The predicted octanol–water partition coefficient (Wildman–Crippen LogP) is 4.21. The molecule has 1 aromatic carbocycles. The van der Waals surface area contributed by atoms with Gasteiger partial charge < -0.3 is 24.7 Å². The minimum atomic E-state index is -0.233. The van der Waals surface area contributed by atoms with Gasteiger partial charge in [0.05, 0.1) is 30.8 Å². The summed E-state index contributed by atoms with van der Waals surface area (Å²) in [7, 11) is 1.57. The average Bonchev–Trinajstić information content (AvgIpc) is 3.42. The SMILES string of the molecule is CCC(=O)Nc1ccc(N2C(=S)N[C@H](c3ccccn3)[C@H]2c2ccco2)cc1OC. The Labute approximate surface area is 180 Å². The van der Waals surface area contributed by atoms with Crippen LogP contribution >= 0.6 is 12.2 Å². The Bertz CT molecular complexity index is 1040. The second-order valence-corrected chi connectivity index (χ2v) is 7.19. The summed E-state index contributed by atoms with van der Waals surface area (Å²) in [5.41, 5.74) is 2.29. The molecule has 8 heteroatoms. The van der Waals surface area contributed by atoms with Crippen molar-refractivity contribution >= 4 is 34.6 Å². The van der Waals surface area contributed by atoms with Crippen molar-refractivity contribution in [2.75, 3.05) is 17.3 Å². The summed E-state index contributed by atoms with van der Waals surface area (Å²) in [5.74, 6) is 1.24. The third-order valence-electron chi connectivity index (χ3n) is 4.99. The van der Waals surface area contributed by atoms with Gasteiger partial charge in [-0.25, -0.2) is 0 Å². The van der Waals surface area contributed by atoms with E-state index in [1.165, 1.54) is 0 Å². The average molecular weight is 423 g/mol. The highest BCUT2D eigenvalue weighted by molar-refractivity contribution is 7.80. The number of ether oxygens (including phenoxy) is 1. The topological polar surface area (TPSA) is 79.6 Å². The molecule has 1 aliphatic heterocycles. The number of nitrogens with one attached hydrogen (secondary N) is 2. The van der Waals surface area contributed by atoms with Crippen LogP contribution in [0.3, 0.4) is 0 Å². The van der Waals surface area contributed by atoms with E-state index in [9.17, 15) is 4.79 Å². The molecule has 1 saturated heterocycles. The molecule has 7 nitrogen and oxygen atoms in total. The number of rotatable bonds is 6. The Hall–Kier alpha value is -3.39. The first kappa shape index (κ1) is 19.9. The Balaban J connectivity index is 1.75. The fourth-order valence-corrected chi connectivity index (χ4v) is 3.90. The quantitative estimate of drug-likeness (QED) is 0.576. The van der Waals surface area contributed by atoms with E-state index >= 15 is 0 Å². The monoisotopic (exact) mass is 422 g/mol. The van der Waals surface area contributed by atoms with Gasteiger partial charge in [-0.2, -0.15) is 0 Å². The zero-order valence-electron chi connectivity index (χ0n) is 16.7. The minimum Gasteiger partial charge on any atom is -0.494 e. The molecule has 0 bridgehead atoms. The fraction of sp³-hybridized carbons (Fsp3) is 0.227. The number of methoxy groups -OCH3 is 1. The number of carbonyl (C=O) groups excluding carboxylic acids is 1. The maximum absolute atomic E-state index is 11.8. The van der Waals surface area contributed by atoms with Crippen LogP contribution < -0.4 is 20.3 Å². The molecule has 2 atom stereocenters. The number of nitrogens with zero attached hydrogens (tertiary/aromatic N) is 2. The molecule has 1 aliphatic rings. The van der Waals surface area contributed by atoms with Crippen LogP contribution in [0.4, 0.5) is 11.4 Å². The molecule has 1 amide bonds. The zero-order valence-corrected chi connectivity index (χ0v) is 17.5. The minimum absolute atomic E-state index is 0.0805. The normalized spacial score (nSPS) is 18.2. The molecule has 0 aliphatic carbocycles. The lowest BCUT2D eigenvalue weighted by atomic mass is 10.0. The molecule has 1 fully saturated rings. The van der Waals surface area contributed by atoms with Crippen molar-refractivity contribution in [1.29, 1.82) is 0 Å². The number of pyridine rings is 1. The molecule has 0 radical (unpaired) electrons. The van der Waals surface area contributed by atoms with Gasteiger partial charge in [0.2, 0.25) is 5.91 Å². The molecule has 4 rings (SSSR count). The third-order valence-corrected chi connectivity index (χ3v) is 5.31. The Morgan fingerprint density at radius 3 is 2.83 bits per heavy atom. The summed E-state index contributed by atoms with van der Waals surface area (Å²) in [6.45, 7) is 1.80. The van der Waals surface area contributed by atoms with Gasteiger partial charge in [-0.15, -0.1) is 0 Å². The molecule has 3 heterocycles. The van der Waals surface area contributed by atoms with E-state index in [4.69, 9.17) is 21.4 Å². The second kappa shape index (κ2) is 8.54. The first-order valence-corrected chi connectivity index (χ1v) is 10.0. The smallest absolute Gasteiger partial charge is 0.224 e. The van der Waals surface area contributed by atoms with Crippen molar-refractivity contribution in [3.63, 3.8) is 0 Å². The summed E-state index contributed by atoms with van der Waals surface area (Å²) in [6.07, 6.45) is 3.79. The van der Waals surface area contributed by atoms with Crippen molar-refractivity contribution in [2.45, 2.75) is 25.4 Å². The Kier molecular flexibility index (Phi) is 5.67. The molecule has 0 spiro atoms. The molecule has 2 aromatic heterocycles. The Morgan fingerprint density at radius 1 is 1.30 bits per heavy atom. The van der Waals surface area contributed by atoms with Crippen LogP contribution in [0.25, 0.3) is 0 Å². The number of carbonyl (C=O) groups is 1. The number of furan rings is 1. The fourth-order valence-electron chi connectivity index (χ4n) is 3.55. The molecule has 30 heavy (non-hydrogen) atoms. The van der Waals surface area contributed by atoms with Crippen LogP contribution in [-0.4, -0.2) is 23.1 Å². The highest BCUT2D eigenvalue weighted by atomic mass is 32.1. The number of anilines is 2. The number of benzene rings is 1. The number of hydrogen-bond donors (Lipinski definition) is 2. The van der Waals surface area contributed by atoms with Crippen molar-refractivity contribution in [1.82, 2.24) is 10.3 Å². The maximum atomic E-state index is 11.8. The molecule has 154 valence electrons. The summed E-state index contributed by atoms with van der Waals surface area (Å²) < 4.78 is 11.3. The second-order valence-electron chi connectivity index (χ2n) is 6.80. The van der Waals surface area contributed by atoms with Crippen LogP contribution in [0.5, 0.6) is 5.75 Å². The van der Waals surface area contributed by atoms with Gasteiger partial charge in [0.1, 0.15) is 17.6 Å². The van der Waals surface area contributed by atoms with E-state index in [1.54, 1.807) is 26.5 Å². The van der Waals surface area contributed by atoms with Crippen LogP contribution in [0.2, 0.25) is 0 Å². The molecule has 0 saturated carbocycles. The van der Waals surface area contributed by atoms with Crippen molar-refractivity contribution in [2.24, 2.45) is 0 Å². The van der Waals surface area contributed by atoms with E-state index in [1.807, 2.05) is 53.4 Å². The van der Waals surface area contributed by atoms with Gasteiger partial charge in [0, 0.05) is 24.4 Å². The molecule has 2 N–H and O–H groups in total. The van der Waals surface area contributed by atoms with E-state index in [0.717, 1.165) is 17.1 Å². The molecular weight excluding hydrogens is 400 g/mol. The van der Waals surface area contributed by atoms with Gasteiger partial charge in [0.15, 0.2) is 5.11 Å². The number of amides is 1. The van der Waals surface area contributed by atoms with Crippen LogP contribution in [0, 0.1) is 0 Å². The van der Waals surface area contributed by atoms with E-state index in [-0.39, 0.29) is 18.0 Å². The first-order chi connectivity index (χ1) is 14.6. The predicted molar refractivity (Wildman–Crippen MR) is 119 cm³/mol.